The van der Waals surface area contributed by atoms with Crippen LogP contribution in [-0.2, 0) is 6.54 Å². The van der Waals surface area contributed by atoms with Gasteiger partial charge in [0.2, 0.25) is 0 Å². The van der Waals surface area contributed by atoms with Crippen molar-refractivity contribution in [3.8, 4) is 0 Å². The normalized spacial score (nSPS) is 15.4. The number of hydrogen-bond donors (Lipinski definition) is 2. The highest BCUT2D eigenvalue weighted by Gasteiger charge is 2.07. The standard InChI is InChI=1S/C14H22N4O/c1-11(2)10-18-8-7-16-13(14(18)19)17-9-12-3-5-15-6-4-12/h3,7-8,11,15H,4-6,9-10H2,1-2H3,(H,16,17). The zero-order valence-corrected chi connectivity index (χ0v) is 11.6. The smallest absolute Gasteiger partial charge is 0.293 e. The molecule has 0 fully saturated rings. The molecule has 2 heterocycles. The van der Waals surface area contributed by atoms with Crippen LogP contribution in [0.3, 0.4) is 0 Å². The van der Waals surface area contributed by atoms with Crippen LogP contribution in [0.25, 0.3) is 0 Å². The Balaban J connectivity index is 2.04. The van der Waals surface area contributed by atoms with E-state index in [0.717, 1.165) is 26.1 Å². The summed E-state index contributed by atoms with van der Waals surface area (Å²) in [5.74, 6) is 0.891. The molecule has 0 amide bonds. The summed E-state index contributed by atoms with van der Waals surface area (Å²) in [6.45, 7) is 7.54. The van der Waals surface area contributed by atoms with Gasteiger partial charge in [-0.1, -0.05) is 25.5 Å². The van der Waals surface area contributed by atoms with Crippen LogP contribution in [0.2, 0.25) is 0 Å². The summed E-state index contributed by atoms with van der Waals surface area (Å²) in [5, 5.41) is 6.43. The second-order valence-electron chi connectivity index (χ2n) is 5.30. The van der Waals surface area contributed by atoms with E-state index in [1.54, 1.807) is 17.0 Å². The highest BCUT2D eigenvalue weighted by molar-refractivity contribution is 5.33. The van der Waals surface area contributed by atoms with Crippen LogP contribution in [0, 0.1) is 5.92 Å². The molecular weight excluding hydrogens is 240 g/mol. The number of hydrogen-bond acceptors (Lipinski definition) is 4. The van der Waals surface area contributed by atoms with E-state index >= 15 is 0 Å². The summed E-state index contributed by atoms with van der Waals surface area (Å²) in [5.41, 5.74) is 1.30. The molecule has 0 unspecified atom stereocenters. The fraction of sp³-hybridized carbons (Fsp3) is 0.571. The molecule has 1 aliphatic heterocycles. The van der Waals surface area contributed by atoms with Crippen molar-refractivity contribution in [3.05, 3.63) is 34.4 Å². The van der Waals surface area contributed by atoms with Crippen LogP contribution < -0.4 is 16.2 Å². The summed E-state index contributed by atoms with van der Waals surface area (Å²) in [6, 6.07) is 0. The summed E-state index contributed by atoms with van der Waals surface area (Å²) in [6.07, 6.45) is 6.63. The van der Waals surface area contributed by atoms with Gasteiger partial charge in [-0.2, -0.15) is 0 Å². The van der Waals surface area contributed by atoms with Crippen molar-refractivity contribution < 1.29 is 0 Å². The fourth-order valence-electron chi connectivity index (χ4n) is 2.13. The maximum Gasteiger partial charge on any atom is 0.293 e. The first-order valence-electron chi connectivity index (χ1n) is 6.84. The van der Waals surface area contributed by atoms with Gasteiger partial charge in [0.05, 0.1) is 0 Å². The van der Waals surface area contributed by atoms with Gasteiger partial charge >= 0.3 is 0 Å². The minimum atomic E-state index is -0.0364. The van der Waals surface area contributed by atoms with Crippen LogP contribution in [0.5, 0.6) is 0 Å². The van der Waals surface area contributed by atoms with E-state index in [1.165, 1.54) is 5.57 Å². The van der Waals surface area contributed by atoms with Crippen molar-refractivity contribution in [3.63, 3.8) is 0 Å². The third-order valence-electron chi connectivity index (χ3n) is 3.12. The molecule has 1 aliphatic rings. The summed E-state index contributed by atoms with van der Waals surface area (Å²) in [4.78, 5) is 16.3. The van der Waals surface area contributed by atoms with Gasteiger partial charge in [0, 0.05) is 32.0 Å². The Bertz CT molecular complexity index is 504. The minimum Gasteiger partial charge on any atom is -0.362 e. The van der Waals surface area contributed by atoms with E-state index in [2.05, 4.69) is 35.5 Å². The molecule has 0 atom stereocenters. The van der Waals surface area contributed by atoms with E-state index in [9.17, 15) is 4.79 Å². The first-order valence-corrected chi connectivity index (χ1v) is 6.84. The molecule has 5 heteroatoms. The monoisotopic (exact) mass is 262 g/mol. The lowest BCUT2D eigenvalue weighted by Crippen LogP contribution is -2.28. The Morgan fingerprint density at radius 2 is 2.37 bits per heavy atom. The summed E-state index contributed by atoms with van der Waals surface area (Å²) >= 11 is 0. The van der Waals surface area contributed by atoms with E-state index < -0.39 is 0 Å². The molecule has 5 nitrogen and oxygen atoms in total. The van der Waals surface area contributed by atoms with Crippen molar-refractivity contribution in [1.82, 2.24) is 14.9 Å². The number of nitrogens with one attached hydrogen (secondary N) is 2. The van der Waals surface area contributed by atoms with Gasteiger partial charge in [0.15, 0.2) is 5.82 Å². The molecule has 1 aromatic rings. The summed E-state index contributed by atoms with van der Waals surface area (Å²) < 4.78 is 1.72. The molecule has 104 valence electrons. The average molecular weight is 262 g/mol. The van der Waals surface area contributed by atoms with Gasteiger partial charge in [0.25, 0.3) is 5.56 Å². The molecule has 0 saturated heterocycles. The lowest BCUT2D eigenvalue weighted by molar-refractivity contribution is 0.509. The zero-order valence-electron chi connectivity index (χ0n) is 11.6. The number of rotatable bonds is 5. The molecule has 1 aromatic heterocycles. The Hall–Kier alpha value is -1.62. The van der Waals surface area contributed by atoms with E-state index in [4.69, 9.17) is 0 Å². The molecule has 0 bridgehead atoms. The lowest BCUT2D eigenvalue weighted by atomic mass is 10.1. The molecular formula is C14H22N4O. The summed E-state index contributed by atoms with van der Waals surface area (Å²) in [7, 11) is 0. The minimum absolute atomic E-state index is 0.0364. The highest BCUT2D eigenvalue weighted by Crippen LogP contribution is 2.05. The second-order valence-corrected chi connectivity index (χ2v) is 5.30. The van der Waals surface area contributed by atoms with Crippen LogP contribution in [-0.4, -0.2) is 29.2 Å². The van der Waals surface area contributed by atoms with Gasteiger partial charge in [-0.15, -0.1) is 0 Å². The molecule has 0 radical (unpaired) electrons. The third-order valence-corrected chi connectivity index (χ3v) is 3.12. The maximum atomic E-state index is 12.2. The van der Waals surface area contributed by atoms with Crippen LogP contribution in [0.4, 0.5) is 5.82 Å². The SMILES string of the molecule is CC(C)Cn1ccnc(NCC2=CCNCC2)c1=O. The topological polar surface area (TPSA) is 59.0 Å². The molecule has 0 aromatic carbocycles. The Morgan fingerprint density at radius 3 is 3.05 bits per heavy atom. The molecule has 19 heavy (non-hydrogen) atoms. The fourth-order valence-corrected chi connectivity index (χ4v) is 2.13. The van der Waals surface area contributed by atoms with Gasteiger partial charge in [-0.25, -0.2) is 4.98 Å². The van der Waals surface area contributed by atoms with E-state index in [0.29, 0.717) is 18.3 Å². The third kappa shape index (κ3) is 3.92. The number of aromatic nitrogens is 2. The van der Waals surface area contributed by atoms with Crippen LogP contribution in [0.1, 0.15) is 20.3 Å². The Kier molecular flexibility index (Phi) is 4.74. The van der Waals surface area contributed by atoms with Gasteiger partial charge < -0.3 is 15.2 Å². The number of nitrogens with zero attached hydrogens (tertiary/aromatic N) is 2. The van der Waals surface area contributed by atoms with Gasteiger partial charge in [-0.3, -0.25) is 4.79 Å². The molecule has 2 rings (SSSR count). The van der Waals surface area contributed by atoms with Crippen LogP contribution in [0.15, 0.2) is 28.8 Å². The predicted molar refractivity (Wildman–Crippen MR) is 77.4 cm³/mol. The van der Waals surface area contributed by atoms with Crippen molar-refractivity contribution in [2.45, 2.75) is 26.8 Å². The first kappa shape index (κ1) is 13.8. The average Bonchev–Trinajstić information content (AvgIpc) is 2.40. The van der Waals surface area contributed by atoms with Crippen molar-refractivity contribution >= 4 is 5.82 Å². The van der Waals surface area contributed by atoms with Gasteiger partial charge in [-0.05, 0) is 18.9 Å². The molecule has 0 aliphatic carbocycles. The maximum absolute atomic E-state index is 12.2. The second kappa shape index (κ2) is 6.52. The highest BCUT2D eigenvalue weighted by atomic mass is 16.1. The van der Waals surface area contributed by atoms with Crippen LogP contribution >= 0.6 is 0 Å². The Labute approximate surface area is 113 Å². The zero-order chi connectivity index (χ0) is 13.7. The van der Waals surface area contributed by atoms with Crippen molar-refractivity contribution in [2.24, 2.45) is 5.92 Å². The quantitative estimate of drug-likeness (QED) is 0.784. The molecule has 0 saturated carbocycles. The van der Waals surface area contributed by atoms with Crippen molar-refractivity contribution in [1.29, 1.82) is 0 Å². The Morgan fingerprint density at radius 1 is 1.53 bits per heavy atom. The lowest BCUT2D eigenvalue weighted by Gasteiger charge is -2.15. The molecule has 0 spiro atoms. The largest absolute Gasteiger partial charge is 0.362 e. The number of anilines is 1. The van der Waals surface area contributed by atoms with Crippen molar-refractivity contribution in [2.75, 3.05) is 25.0 Å². The van der Waals surface area contributed by atoms with E-state index in [-0.39, 0.29) is 5.56 Å². The van der Waals surface area contributed by atoms with E-state index in [1.807, 2.05) is 0 Å². The van der Waals surface area contributed by atoms with Gasteiger partial charge in [0.1, 0.15) is 0 Å². The first-order chi connectivity index (χ1) is 9.16. The molecule has 2 N–H and O–H groups in total. The predicted octanol–water partition coefficient (Wildman–Crippen LogP) is 1.23.